The number of aliphatic hydroxyl groups is 1. The molecule has 1 unspecified atom stereocenters. The Hall–Kier alpha value is -1.55. The largest absolute Gasteiger partial charge is 0.494 e. The topological polar surface area (TPSA) is 49.8 Å². The highest BCUT2D eigenvalue weighted by Gasteiger charge is 2.22. The molecule has 1 aromatic carbocycles. The summed E-state index contributed by atoms with van der Waals surface area (Å²) in [5, 5.41) is 9.21. The second-order valence-corrected chi connectivity index (χ2v) is 6.15. The number of likely N-dealkylation sites (tertiary alicyclic amines) is 1. The first kappa shape index (κ1) is 16.8. The average molecular weight is 305 g/mol. The summed E-state index contributed by atoms with van der Waals surface area (Å²) >= 11 is 0. The Morgan fingerprint density at radius 1 is 1.41 bits per heavy atom. The highest BCUT2D eigenvalue weighted by atomic mass is 16.5. The second-order valence-electron chi connectivity index (χ2n) is 6.15. The number of nitrogens with zero attached hydrogens (tertiary/aromatic N) is 1. The van der Waals surface area contributed by atoms with E-state index in [0.29, 0.717) is 13.0 Å². The van der Waals surface area contributed by atoms with Gasteiger partial charge in [0.05, 0.1) is 6.61 Å². The maximum absolute atomic E-state index is 12.1. The molecule has 0 bridgehead atoms. The molecule has 1 aliphatic heterocycles. The summed E-state index contributed by atoms with van der Waals surface area (Å²) in [6, 6.07) is 8.01. The maximum atomic E-state index is 12.1. The lowest BCUT2D eigenvalue weighted by atomic mass is 9.98. The molecule has 1 atom stereocenters. The third-order valence-corrected chi connectivity index (χ3v) is 4.17. The van der Waals surface area contributed by atoms with Gasteiger partial charge in [0.2, 0.25) is 5.91 Å². The van der Waals surface area contributed by atoms with Crippen LogP contribution in [0.3, 0.4) is 0 Å². The Morgan fingerprint density at radius 2 is 2.27 bits per heavy atom. The van der Waals surface area contributed by atoms with Crippen molar-refractivity contribution in [3.05, 3.63) is 29.8 Å². The van der Waals surface area contributed by atoms with Crippen molar-refractivity contribution < 1.29 is 14.6 Å². The predicted molar refractivity (Wildman–Crippen MR) is 86.9 cm³/mol. The molecule has 0 aromatic heterocycles. The Bertz CT molecular complexity index is 475. The quantitative estimate of drug-likeness (QED) is 0.788. The second kappa shape index (κ2) is 8.79. The van der Waals surface area contributed by atoms with Crippen molar-refractivity contribution in [1.29, 1.82) is 0 Å². The van der Waals surface area contributed by atoms with Gasteiger partial charge in [-0.1, -0.05) is 12.1 Å². The van der Waals surface area contributed by atoms with Crippen LogP contribution in [-0.4, -0.2) is 42.2 Å². The molecule has 2 rings (SSSR count). The van der Waals surface area contributed by atoms with Crippen molar-refractivity contribution in [2.75, 3.05) is 26.3 Å². The first-order valence-electron chi connectivity index (χ1n) is 8.27. The molecule has 1 amide bonds. The number of carbonyl (C=O) groups excluding carboxylic acids is 1. The van der Waals surface area contributed by atoms with Crippen molar-refractivity contribution in [2.24, 2.45) is 5.92 Å². The number of aryl methyl sites for hydroxylation is 1. The van der Waals surface area contributed by atoms with Gasteiger partial charge in [-0.2, -0.15) is 0 Å². The monoisotopic (exact) mass is 305 g/mol. The molecule has 0 spiro atoms. The Labute approximate surface area is 133 Å². The van der Waals surface area contributed by atoms with E-state index in [2.05, 4.69) is 0 Å². The molecule has 0 aliphatic carbocycles. The van der Waals surface area contributed by atoms with Gasteiger partial charge in [0.15, 0.2) is 0 Å². The highest BCUT2D eigenvalue weighted by Crippen LogP contribution is 2.17. The van der Waals surface area contributed by atoms with Gasteiger partial charge in [0.1, 0.15) is 5.75 Å². The smallest absolute Gasteiger partial charge is 0.222 e. The fourth-order valence-corrected chi connectivity index (χ4v) is 2.87. The molecular formula is C18H27NO3. The summed E-state index contributed by atoms with van der Waals surface area (Å²) < 4.78 is 5.69. The minimum atomic E-state index is 0.189. The van der Waals surface area contributed by atoms with Crippen LogP contribution in [0.1, 0.15) is 37.7 Å². The molecule has 22 heavy (non-hydrogen) atoms. The van der Waals surface area contributed by atoms with E-state index < -0.39 is 0 Å². The van der Waals surface area contributed by atoms with Crippen molar-refractivity contribution in [3.8, 4) is 5.75 Å². The van der Waals surface area contributed by atoms with Crippen LogP contribution in [0.5, 0.6) is 5.75 Å². The van der Waals surface area contributed by atoms with Crippen molar-refractivity contribution >= 4 is 5.91 Å². The summed E-state index contributed by atoms with van der Waals surface area (Å²) in [4.78, 5) is 14.0. The molecule has 1 heterocycles. The van der Waals surface area contributed by atoms with E-state index >= 15 is 0 Å². The van der Waals surface area contributed by atoms with Crippen molar-refractivity contribution in [3.63, 3.8) is 0 Å². The van der Waals surface area contributed by atoms with E-state index in [1.165, 1.54) is 5.56 Å². The van der Waals surface area contributed by atoms with E-state index in [9.17, 15) is 9.90 Å². The van der Waals surface area contributed by atoms with Gasteiger partial charge in [-0.3, -0.25) is 4.79 Å². The van der Waals surface area contributed by atoms with Gasteiger partial charge in [0.25, 0.3) is 0 Å². The lowest BCUT2D eigenvalue weighted by molar-refractivity contribution is -0.133. The van der Waals surface area contributed by atoms with Gasteiger partial charge >= 0.3 is 0 Å². The molecule has 1 fully saturated rings. The first-order chi connectivity index (χ1) is 10.7. The van der Waals surface area contributed by atoms with Crippen LogP contribution in [0, 0.1) is 12.8 Å². The number of amides is 1. The fourth-order valence-electron chi connectivity index (χ4n) is 2.87. The van der Waals surface area contributed by atoms with E-state index in [0.717, 1.165) is 44.5 Å². The fraction of sp³-hybridized carbons (Fsp3) is 0.611. The number of carbonyl (C=O) groups is 1. The van der Waals surface area contributed by atoms with Gasteiger partial charge in [-0.25, -0.2) is 0 Å². The zero-order valence-corrected chi connectivity index (χ0v) is 13.5. The molecule has 1 N–H and O–H groups in total. The number of piperidine rings is 1. The number of rotatable bonds is 7. The molecule has 122 valence electrons. The number of benzene rings is 1. The number of ether oxygens (including phenoxy) is 1. The summed E-state index contributed by atoms with van der Waals surface area (Å²) in [6.45, 7) is 4.44. The van der Waals surface area contributed by atoms with Gasteiger partial charge < -0.3 is 14.7 Å². The molecule has 4 heteroatoms. The number of hydrogen-bond donors (Lipinski definition) is 1. The lowest BCUT2D eigenvalue weighted by Gasteiger charge is -2.32. The highest BCUT2D eigenvalue weighted by molar-refractivity contribution is 5.76. The van der Waals surface area contributed by atoms with E-state index in [1.54, 1.807) is 0 Å². The molecular weight excluding hydrogens is 278 g/mol. The van der Waals surface area contributed by atoms with E-state index in [4.69, 9.17) is 4.74 Å². The van der Waals surface area contributed by atoms with Crippen LogP contribution in [0.2, 0.25) is 0 Å². The third kappa shape index (κ3) is 5.34. The van der Waals surface area contributed by atoms with Gasteiger partial charge in [-0.05, 0) is 56.2 Å². The molecule has 0 radical (unpaired) electrons. The first-order valence-corrected chi connectivity index (χ1v) is 8.27. The van der Waals surface area contributed by atoms with Crippen molar-refractivity contribution in [1.82, 2.24) is 4.90 Å². The van der Waals surface area contributed by atoms with Crippen molar-refractivity contribution in [2.45, 2.75) is 39.0 Å². The van der Waals surface area contributed by atoms with Crippen LogP contribution in [0.15, 0.2) is 24.3 Å². The minimum Gasteiger partial charge on any atom is -0.494 e. The zero-order valence-electron chi connectivity index (χ0n) is 13.5. The molecule has 4 nitrogen and oxygen atoms in total. The van der Waals surface area contributed by atoms with Crippen LogP contribution < -0.4 is 4.74 Å². The summed E-state index contributed by atoms with van der Waals surface area (Å²) in [5.41, 5.74) is 1.19. The van der Waals surface area contributed by atoms with Gasteiger partial charge in [0, 0.05) is 26.1 Å². The minimum absolute atomic E-state index is 0.189. The summed E-state index contributed by atoms with van der Waals surface area (Å²) in [6.07, 6.45) is 4.36. The average Bonchev–Trinajstić information content (AvgIpc) is 2.54. The normalized spacial score (nSPS) is 18.3. The standard InChI is InChI=1S/C18H27NO3/c1-15-6-4-8-17(12-15)22-11-3-2-9-18(21)19-10-5-7-16(13-19)14-20/h4,6,8,12,16,20H,2-3,5,7,9-11,13-14H2,1H3. The Kier molecular flexibility index (Phi) is 6.72. The number of hydrogen-bond acceptors (Lipinski definition) is 3. The van der Waals surface area contributed by atoms with Crippen LogP contribution in [0.25, 0.3) is 0 Å². The molecule has 1 aliphatic rings. The summed E-state index contributed by atoms with van der Waals surface area (Å²) in [5.74, 6) is 1.38. The SMILES string of the molecule is Cc1cccc(OCCCCC(=O)N2CCCC(CO)C2)c1. The lowest BCUT2D eigenvalue weighted by Crippen LogP contribution is -2.40. The van der Waals surface area contributed by atoms with Crippen LogP contribution >= 0.6 is 0 Å². The zero-order chi connectivity index (χ0) is 15.8. The summed E-state index contributed by atoms with van der Waals surface area (Å²) in [7, 11) is 0. The van der Waals surface area contributed by atoms with E-state index in [-0.39, 0.29) is 18.4 Å². The number of aliphatic hydroxyl groups excluding tert-OH is 1. The Balaban J connectivity index is 1.61. The molecule has 1 aromatic rings. The molecule has 0 saturated carbocycles. The van der Waals surface area contributed by atoms with Crippen LogP contribution in [-0.2, 0) is 4.79 Å². The predicted octanol–water partition coefficient (Wildman–Crippen LogP) is 2.78. The van der Waals surface area contributed by atoms with E-state index in [1.807, 2.05) is 36.1 Å². The van der Waals surface area contributed by atoms with Crippen LogP contribution in [0.4, 0.5) is 0 Å². The maximum Gasteiger partial charge on any atom is 0.222 e. The third-order valence-electron chi connectivity index (χ3n) is 4.17. The van der Waals surface area contributed by atoms with Gasteiger partial charge in [-0.15, -0.1) is 0 Å². The molecule has 1 saturated heterocycles. The Morgan fingerprint density at radius 3 is 3.05 bits per heavy atom. The number of unbranched alkanes of at least 4 members (excludes halogenated alkanes) is 1.